The van der Waals surface area contributed by atoms with Crippen molar-refractivity contribution in [2.45, 2.75) is 52.1 Å². The summed E-state index contributed by atoms with van der Waals surface area (Å²) in [7, 11) is 0. The van der Waals surface area contributed by atoms with Crippen LogP contribution in [0.3, 0.4) is 0 Å². The maximum absolute atomic E-state index is 12.3. The van der Waals surface area contributed by atoms with Crippen molar-refractivity contribution in [1.82, 2.24) is 5.43 Å². The second-order valence-electron chi connectivity index (χ2n) is 6.93. The molecule has 0 heterocycles. The van der Waals surface area contributed by atoms with E-state index >= 15 is 0 Å². The Morgan fingerprint density at radius 2 is 1.78 bits per heavy atom. The van der Waals surface area contributed by atoms with Gasteiger partial charge in [-0.2, -0.15) is 5.10 Å². The smallest absolute Gasteiger partial charge is 0.271 e. The first-order chi connectivity index (χ1) is 13.1. The summed E-state index contributed by atoms with van der Waals surface area (Å²) in [6.45, 7) is 2.38. The van der Waals surface area contributed by atoms with Gasteiger partial charge in [-0.05, 0) is 74.1 Å². The predicted octanol–water partition coefficient (Wildman–Crippen LogP) is 5.67. The van der Waals surface area contributed by atoms with E-state index in [1.165, 1.54) is 12.8 Å². The van der Waals surface area contributed by atoms with Crippen LogP contribution in [0.1, 0.15) is 60.0 Å². The number of nitrogens with one attached hydrogen (secondary N) is 1. The van der Waals surface area contributed by atoms with Gasteiger partial charge in [-0.25, -0.2) is 5.43 Å². The summed E-state index contributed by atoms with van der Waals surface area (Å²) in [5.74, 6) is 0.602. The normalized spacial score (nSPS) is 14.4. The second-order valence-corrected chi connectivity index (χ2v) is 7.34. The topological polar surface area (TPSA) is 50.7 Å². The Hall–Kier alpha value is -2.33. The largest absolute Gasteiger partial charge is 0.489 e. The lowest BCUT2D eigenvalue weighted by molar-refractivity contribution is 0.0954. The summed E-state index contributed by atoms with van der Waals surface area (Å²) in [6.07, 6.45) is 6.81. The van der Waals surface area contributed by atoms with E-state index in [0.717, 1.165) is 53.3 Å². The van der Waals surface area contributed by atoms with E-state index < -0.39 is 0 Å². The standard InChI is InChI=1S/C22H25ClN2O2/c1-16-14-20(12-13-21(16)23)27-15-17-8-10-18(11-9-17)22(26)25-24-19-6-4-2-3-5-7-19/h8-14H,2-7,15H2,1H3,(H,25,26). The minimum Gasteiger partial charge on any atom is -0.489 e. The van der Waals surface area contributed by atoms with Gasteiger partial charge in [-0.15, -0.1) is 0 Å². The fourth-order valence-electron chi connectivity index (χ4n) is 3.07. The van der Waals surface area contributed by atoms with E-state index in [0.29, 0.717) is 12.2 Å². The number of rotatable bonds is 5. The number of benzene rings is 2. The third kappa shape index (κ3) is 5.83. The summed E-state index contributed by atoms with van der Waals surface area (Å²) in [6, 6.07) is 13.0. The molecule has 5 heteroatoms. The number of nitrogens with zero attached hydrogens (tertiary/aromatic N) is 1. The molecule has 142 valence electrons. The Morgan fingerprint density at radius 3 is 2.44 bits per heavy atom. The first kappa shape index (κ1) is 19.4. The van der Waals surface area contributed by atoms with Gasteiger partial charge in [0.25, 0.3) is 5.91 Å². The van der Waals surface area contributed by atoms with E-state index in [1.807, 2.05) is 37.3 Å². The summed E-state index contributed by atoms with van der Waals surface area (Å²) >= 11 is 6.03. The van der Waals surface area contributed by atoms with Gasteiger partial charge >= 0.3 is 0 Å². The van der Waals surface area contributed by atoms with Crippen LogP contribution >= 0.6 is 11.6 Å². The molecule has 1 fully saturated rings. The number of hydrogen-bond donors (Lipinski definition) is 1. The molecular formula is C22H25ClN2O2. The van der Waals surface area contributed by atoms with Crippen molar-refractivity contribution in [3.8, 4) is 5.75 Å². The van der Waals surface area contributed by atoms with Gasteiger partial charge in [-0.3, -0.25) is 4.79 Å². The van der Waals surface area contributed by atoms with Crippen LogP contribution in [0.4, 0.5) is 0 Å². The predicted molar refractivity (Wildman–Crippen MR) is 110 cm³/mol. The Bertz CT molecular complexity index is 806. The van der Waals surface area contributed by atoms with Crippen molar-refractivity contribution < 1.29 is 9.53 Å². The molecule has 0 spiro atoms. The third-order valence-corrected chi connectivity index (χ3v) is 5.17. The average Bonchev–Trinajstić information content (AvgIpc) is 2.96. The van der Waals surface area contributed by atoms with Gasteiger partial charge in [0, 0.05) is 16.3 Å². The van der Waals surface area contributed by atoms with Gasteiger partial charge in [0.2, 0.25) is 0 Å². The van der Waals surface area contributed by atoms with Crippen LogP contribution in [0.2, 0.25) is 5.02 Å². The first-order valence-corrected chi connectivity index (χ1v) is 9.83. The molecule has 1 amide bonds. The molecule has 2 aromatic carbocycles. The van der Waals surface area contributed by atoms with E-state index in [1.54, 1.807) is 12.1 Å². The van der Waals surface area contributed by atoms with Crippen LogP contribution in [0, 0.1) is 6.92 Å². The first-order valence-electron chi connectivity index (χ1n) is 9.45. The minimum atomic E-state index is -0.174. The molecule has 0 atom stereocenters. The summed E-state index contributed by atoms with van der Waals surface area (Å²) < 4.78 is 5.79. The van der Waals surface area contributed by atoms with Gasteiger partial charge in [0.1, 0.15) is 12.4 Å². The zero-order chi connectivity index (χ0) is 19.1. The minimum absolute atomic E-state index is 0.174. The van der Waals surface area contributed by atoms with Crippen LogP contribution in [0.15, 0.2) is 47.6 Å². The Labute approximate surface area is 165 Å². The SMILES string of the molecule is Cc1cc(OCc2ccc(C(=O)NN=C3CCCCCC3)cc2)ccc1Cl. The number of halogens is 1. The zero-order valence-electron chi connectivity index (χ0n) is 15.6. The van der Waals surface area contributed by atoms with Crippen LogP contribution in [-0.4, -0.2) is 11.6 Å². The molecule has 0 saturated heterocycles. The van der Waals surface area contributed by atoms with Gasteiger partial charge in [0.15, 0.2) is 0 Å². The number of hydrazone groups is 1. The van der Waals surface area contributed by atoms with Crippen molar-refractivity contribution in [2.75, 3.05) is 0 Å². The van der Waals surface area contributed by atoms with Crippen molar-refractivity contribution in [3.63, 3.8) is 0 Å². The highest BCUT2D eigenvalue weighted by Gasteiger charge is 2.08. The molecule has 0 bridgehead atoms. The highest BCUT2D eigenvalue weighted by molar-refractivity contribution is 6.31. The molecule has 0 radical (unpaired) electrons. The highest BCUT2D eigenvalue weighted by atomic mass is 35.5. The van der Waals surface area contributed by atoms with Gasteiger partial charge in [-0.1, -0.05) is 36.6 Å². The quantitative estimate of drug-likeness (QED) is 0.533. The molecule has 0 unspecified atom stereocenters. The van der Waals surface area contributed by atoms with Crippen LogP contribution < -0.4 is 10.2 Å². The summed E-state index contributed by atoms with van der Waals surface area (Å²) in [5.41, 5.74) is 6.37. The highest BCUT2D eigenvalue weighted by Crippen LogP contribution is 2.22. The summed E-state index contributed by atoms with van der Waals surface area (Å²) in [4.78, 5) is 12.3. The van der Waals surface area contributed by atoms with E-state index in [-0.39, 0.29) is 5.91 Å². The van der Waals surface area contributed by atoms with E-state index in [9.17, 15) is 4.79 Å². The molecular weight excluding hydrogens is 360 g/mol. The Morgan fingerprint density at radius 1 is 1.07 bits per heavy atom. The fraction of sp³-hybridized carbons (Fsp3) is 0.364. The molecule has 4 nitrogen and oxygen atoms in total. The molecule has 3 rings (SSSR count). The Balaban J connectivity index is 1.53. The van der Waals surface area contributed by atoms with Crippen molar-refractivity contribution in [2.24, 2.45) is 5.10 Å². The van der Waals surface area contributed by atoms with Crippen LogP contribution in [0.5, 0.6) is 5.75 Å². The average molecular weight is 385 g/mol. The second kappa shape index (κ2) is 9.56. The molecule has 1 saturated carbocycles. The van der Waals surface area contributed by atoms with Crippen LogP contribution in [0.25, 0.3) is 0 Å². The Kier molecular flexibility index (Phi) is 6.88. The van der Waals surface area contributed by atoms with Crippen molar-refractivity contribution in [1.29, 1.82) is 0 Å². The fourth-order valence-corrected chi connectivity index (χ4v) is 3.19. The molecule has 0 aliphatic heterocycles. The number of ether oxygens (including phenoxy) is 1. The lowest BCUT2D eigenvalue weighted by Gasteiger charge is -2.08. The number of aryl methyl sites for hydroxylation is 1. The van der Waals surface area contributed by atoms with E-state index in [2.05, 4.69) is 10.5 Å². The number of amides is 1. The van der Waals surface area contributed by atoms with Gasteiger partial charge in [0.05, 0.1) is 0 Å². The van der Waals surface area contributed by atoms with Gasteiger partial charge < -0.3 is 4.74 Å². The monoisotopic (exact) mass is 384 g/mol. The number of hydrogen-bond acceptors (Lipinski definition) is 3. The number of carbonyl (C=O) groups is 1. The van der Waals surface area contributed by atoms with E-state index in [4.69, 9.17) is 16.3 Å². The third-order valence-electron chi connectivity index (χ3n) is 4.75. The number of carbonyl (C=O) groups excluding carboxylic acids is 1. The maximum atomic E-state index is 12.3. The molecule has 1 aliphatic carbocycles. The molecule has 2 aromatic rings. The molecule has 27 heavy (non-hydrogen) atoms. The molecule has 0 aromatic heterocycles. The molecule has 1 N–H and O–H groups in total. The van der Waals surface area contributed by atoms with Crippen molar-refractivity contribution in [3.05, 3.63) is 64.2 Å². The zero-order valence-corrected chi connectivity index (χ0v) is 16.4. The van der Waals surface area contributed by atoms with Crippen LogP contribution in [-0.2, 0) is 6.61 Å². The maximum Gasteiger partial charge on any atom is 0.271 e. The summed E-state index contributed by atoms with van der Waals surface area (Å²) in [5, 5.41) is 5.04. The lowest BCUT2D eigenvalue weighted by Crippen LogP contribution is -2.19. The van der Waals surface area contributed by atoms with Crippen molar-refractivity contribution >= 4 is 23.2 Å². The lowest BCUT2D eigenvalue weighted by atomic mass is 10.1. The molecule has 1 aliphatic rings.